The number of hydrogen-bond acceptors (Lipinski definition) is 4. The van der Waals surface area contributed by atoms with E-state index in [-0.39, 0.29) is 17.3 Å². The third kappa shape index (κ3) is 5.99. The zero-order chi connectivity index (χ0) is 19.1. The van der Waals surface area contributed by atoms with E-state index in [0.717, 1.165) is 10.5 Å². The summed E-state index contributed by atoms with van der Waals surface area (Å²) < 4.78 is 11.1. The van der Waals surface area contributed by atoms with Gasteiger partial charge in [-0.05, 0) is 57.5 Å². The van der Waals surface area contributed by atoms with Gasteiger partial charge in [0.05, 0.1) is 18.5 Å². The van der Waals surface area contributed by atoms with Gasteiger partial charge in [-0.2, -0.15) is 0 Å². The highest BCUT2D eigenvalue weighted by Crippen LogP contribution is 2.29. The van der Waals surface area contributed by atoms with Gasteiger partial charge in [0.2, 0.25) is 5.91 Å². The highest BCUT2D eigenvalue weighted by molar-refractivity contribution is 8.00. The van der Waals surface area contributed by atoms with Crippen LogP contribution < -0.4 is 14.8 Å². The lowest BCUT2D eigenvalue weighted by molar-refractivity contribution is -0.120. The SMILES string of the molecule is COc1cc(CNC(=O)[C@@H](C)Sc2ccc(C)cc2)ccc1OC(C)C. The third-order valence-corrected chi connectivity index (χ3v) is 4.87. The number of benzene rings is 2. The molecule has 0 unspecified atom stereocenters. The summed E-state index contributed by atoms with van der Waals surface area (Å²) in [6.07, 6.45) is 0.0779. The molecule has 0 radical (unpaired) electrons. The Kier molecular flexibility index (Phi) is 7.39. The number of thioether (sulfide) groups is 1. The van der Waals surface area contributed by atoms with Crippen LogP contribution in [0.25, 0.3) is 0 Å². The molecule has 0 spiro atoms. The van der Waals surface area contributed by atoms with E-state index in [1.807, 2.05) is 51.1 Å². The van der Waals surface area contributed by atoms with Crippen molar-refractivity contribution in [3.05, 3.63) is 53.6 Å². The molecule has 0 saturated heterocycles. The van der Waals surface area contributed by atoms with Crippen molar-refractivity contribution in [2.45, 2.75) is 50.5 Å². The van der Waals surface area contributed by atoms with Crippen molar-refractivity contribution in [1.29, 1.82) is 0 Å². The van der Waals surface area contributed by atoms with Crippen molar-refractivity contribution in [3.63, 3.8) is 0 Å². The zero-order valence-electron chi connectivity index (χ0n) is 16.0. The Bertz CT molecular complexity index is 729. The van der Waals surface area contributed by atoms with Gasteiger partial charge >= 0.3 is 0 Å². The highest BCUT2D eigenvalue weighted by Gasteiger charge is 2.14. The molecule has 26 heavy (non-hydrogen) atoms. The number of rotatable bonds is 8. The van der Waals surface area contributed by atoms with Gasteiger partial charge in [-0.3, -0.25) is 4.79 Å². The number of ether oxygens (including phenoxy) is 2. The topological polar surface area (TPSA) is 47.6 Å². The van der Waals surface area contributed by atoms with Crippen molar-refractivity contribution >= 4 is 17.7 Å². The van der Waals surface area contributed by atoms with Gasteiger partial charge in [-0.15, -0.1) is 11.8 Å². The molecule has 0 aliphatic carbocycles. The Hall–Kier alpha value is -2.14. The van der Waals surface area contributed by atoms with Crippen molar-refractivity contribution in [1.82, 2.24) is 5.32 Å². The van der Waals surface area contributed by atoms with Crippen LogP contribution in [-0.4, -0.2) is 24.4 Å². The van der Waals surface area contributed by atoms with Crippen LogP contribution in [0.3, 0.4) is 0 Å². The van der Waals surface area contributed by atoms with Crippen molar-refractivity contribution in [2.24, 2.45) is 0 Å². The second-order valence-electron chi connectivity index (χ2n) is 6.44. The Morgan fingerprint density at radius 1 is 1.08 bits per heavy atom. The van der Waals surface area contributed by atoms with E-state index < -0.39 is 0 Å². The maximum atomic E-state index is 12.4. The monoisotopic (exact) mass is 373 g/mol. The van der Waals surface area contributed by atoms with Gasteiger partial charge in [-0.1, -0.05) is 23.8 Å². The lowest BCUT2D eigenvalue weighted by Gasteiger charge is -2.15. The number of carbonyl (C=O) groups excluding carboxylic acids is 1. The van der Waals surface area contributed by atoms with Crippen LogP contribution in [0.15, 0.2) is 47.4 Å². The van der Waals surface area contributed by atoms with Crippen LogP contribution in [0.4, 0.5) is 0 Å². The van der Waals surface area contributed by atoms with Crippen LogP contribution in [0.5, 0.6) is 11.5 Å². The van der Waals surface area contributed by atoms with Crippen LogP contribution >= 0.6 is 11.8 Å². The number of hydrogen-bond donors (Lipinski definition) is 1. The average Bonchev–Trinajstić information content (AvgIpc) is 2.62. The molecule has 5 heteroatoms. The largest absolute Gasteiger partial charge is 0.493 e. The molecule has 0 aliphatic rings. The quantitative estimate of drug-likeness (QED) is 0.688. The standard InChI is InChI=1S/C21H27NO3S/c1-14(2)25-19-11-8-17(12-20(19)24-5)13-22-21(23)16(4)26-18-9-6-15(3)7-10-18/h6-12,14,16H,13H2,1-5H3,(H,22,23)/t16-/m1/s1. The number of methoxy groups -OCH3 is 1. The summed E-state index contributed by atoms with van der Waals surface area (Å²) in [6.45, 7) is 8.37. The second kappa shape index (κ2) is 9.53. The van der Waals surface area contributed by atoms with Crippen LogP contribution in [-0.2, 0) is 11.3 Å². The molecule has 0 bridgehead atoms. The average molecular weight is 374 g/mol. The van der Waals surface area contributed by atoms with Crippen LogP contribution in [0.1, 0.15) is 31.9 Å². The summed E-state index contributed by atoms with van der Waals surface area (Å²) >= 11 is 1.56. The first-order chi connectivity index (χ1) is 12.4. The number of carbonyl (C=O) groups is 1. The van der Waals surface area contributed by atoms with Crippen LogP contribution in [0.2, 0.25) is 0 Å². The molecule has 0 saturated carbocycles. The first-order valence-electron chi connectivity index (χ1n) is 8.73. The summed E-state index contributed by atoms with van der Waals surface area (Å²) in [5.74, 6) is 1.39. The Balaban J connectivity index is 1.92. The minimum Gasteiger partial charge on any atom is -0.493 e. The molecule has 1 atom stereocenters. The minimum atomic E-state index is -0.164. The first kappa shape index (κ1) is 20.2. The van der Waals surface area contributed by atoms with E-state index in [1.54, 1.807) is 18.9 Å². The molecule has 1 N–H and O–H groups in total. The van der Waals surface area contributed by atoms with Gasteiger partial charge in [0.15, 0.2) is 11.5 Å². The van der Waals surface area contributed by atoms with E-state index in [0.29, 0.717) is 18.0 Å². The van der Waals surface area contributed by atoms with Crippen molar-refractivity contribution in [2.75, 3.05) is 7.11 Å². The predicted octanol–water partition coefficient (Wildman–Crippen LogP) is 4.59. The Labute approximate surface area is 160 Å². The van der Waals surface area contributed by atoms with Crippen molar-refractivity contribution in [3.8, 4) is 11.5 Å². The number of nitrogens with one attached hydrogen (secondary N) is 1. The van der Waals surface area contributed by atoms with E-state index in [2.05, 4.69) is 24.4 Å². The molecule has 4 nitrogen and oxygen atoms in total. The molecule has 0 aromatic heterocycles. The fraction of sp³-hybridized carbons (Fsp3) is 0.381. The fourth-order valence-electron chi connectivity index (χ4n) is 2.38. The van der Waals surface area contributed by atoms with Gasteiger partial charge in [0.25, 0.3) is 0 Å². The third-order valence-electron chi connectivity index (χ3n) is 3.76. The molecule has 2 aromatic carbocycles. The number of aryl methyl sites for hydroxylation is 1. The summed E-state index contributed by atoms with van der Waals surface area (Å²) in [7, 11) is 1.62. The second-order valence-corrected chi connectivity index (χ2v) is 7.86. The van der Waals surface area contributed by atoms with E-state index in [9.17, 15) is 4.79 Å². The van der Waals surface area contributed by atoms with Crippen LogP contribution in [0, 0.1) is 6.92 Å². The normalized spacial score (nSPS) is 11.9. The maximum Gasteiger partial charge on any atom is 0.233 e. The molecule has 0 heterocycles. The lowest BCUT2D eigenvalue weighted by Crippen LogP contribution is -2.30. The predicted molar refractivity (Wildman–Crippen MR) is 107 cm³/mol. The maximum absolute atomic E-state index is 12.4. The fourth-order valence-corrected chi connectivity index (χ4v) is 3.27. The summed E-state index contributed by atoms with van der Waals surface area (Å²) in [6, 6.07) is 13.9. The number of amides is 1. The van der Waals surface area contributed by atoms with Gasteiger partial charge < -0.3 is 14.8 Å². The van der Waals surface area contributed by atoms with Crippen molar-refractivity contribution < 1.29 is 14.3 Å². The minimum absolute atomic E-state index is 0.0112. The molecule has 140 valence electrons. The molecule has 2 aromatic rings. The van der Waals surface area contributed by atoms with Gasteiger partial charge in [-0.25, -0.2) is 0 Å². The van der Waals surface area contributed by atoms with E-state index in [4.69, 9.17) is 9.47 Å². The first-order valence-corrected chi connectivity index (χ1v) is 9.61. The smallest absolute Gasteiger partial charge is 0.233 e. The van der Waals surface area contributed by atoms with E-state index in [1.165, 1.54) is 5.56 Å². The van der Waals surface area contributed by atoms with Gasteiger partial charge in [0.1, 0.15) is 0 Å². The lowest BCUT2D eigenvalue weighted by atomic mass is 10.2. The molecule has 1 amide bonds. The summed E-state index contributed by atoms with van der Waals surface area (Å²) in [4.78, 5) is 13.5. The summed E-state index contributed by atoms with van der Waals surface area (Å²) in [5.41, 5.74) is 2.18. The molecule has 0 aliphatic heterocycles. The molecular formula is C21H27NO3S. The molecule has 0 fully saturated rings. The highest BCUT2D eigenvalue weighted by atomic mass is 32.2. The Morgan fingerprint density at radius 3 is 2.38 bits per heavy atom. The zero-order valence-corrected chi connectivity index (χ0v) is 16.9. The van der Waals surface area contributed by atoms with Gasteiger partial charge in [0, 0.05) is 11.4 Å². The Morgan fingerprint density at radius 2 is 1.77 bits per heavy atom. The molecular weight excluding hydrogens is 346 g/mol. The molecule has 2 rings (SSSR count). The van der Waals surface area contributed by atoms with E-state index >= 15 is 0 Å². The summed E-state index contributed by atoms with van der Waals surface area (Å²) in [5, 5.41) is 2.82.